The van der Waals surface area contributed by atoms with E-state index in [1.54, 1.807) is 72.8 Å². The first-order chi connectivity index (χ1) is 17.9. The maximum absolute atomic E-state index is 14.9. The normalized spacial score (nSPS) is 13.8. The van der Waals surface area contributed by atoms with Crippen molar-refractivity contribution in [1.29, 1.82) is 0 Å². The Kier molecular flexibility index (Phi) is 7.12. The molecule has 0 atom stereocenters. The summed E-state index contributed by atoms with van der Waals surface area (Å²) in [5.41, 5.74) is 0. The van der Waals surface area contributed by atoms with E-state index in [0.29, 0.717) is 0 Å². The molecule has 0 aromatic heterocycles. The van der Waals surface area contributed by atoms with Crippen molar-refractivity contribution >= 4 is 37.8 Å². The molecule has 0 aliphatic rings. The number of carbonyl (C=O) groups excluding carboxylic acids is 1. The van der Waals surface area contributed by atoms with Gasteiger partial charge in [-0.3, -0.25) is 0 Å². The summed E-state index contributed by atoms with van der Waals surface area (Å²) in [6.45, 7) is 0. The predicted octanol–water partition coefficient (Wildman–Crippen LogP) is 4.89. The van der Waals surface area contributed by atoms with Crippen LogP contribution in [0.15, 0.2) is 121 Å². The first-order valence-electron chi connectivity index (χ1n) is 11.2. The molecule has 0 bridgehead atoms. The Morgan fingerprint density at radius 2 is 0.763 bits per heavy atom. The van der Waals surface area contributed by atoms with E-state index >= 15 is 0 Å². The SMILES string of the molecule is O=C([O][Sb]([c]1ccccc1)([c]1ccccc1)([c]1ccccc1)[c]1ccccc1)C(F)(F)C(F)(F)C(F)(F)F. The van der Waals surface area contributed by atoms with Gasteiger partial charge >= 0.3 is 216 Å². The minimum absolute atomic E-state index is 0.211. The van der Waals surface area contributed by atoms with Crippen LogP contribution in [0.25, 0.3) is 0 Å². The van der Waals surface area contributed by atoms with Gasteiger partial charge in [-0.15, -0.1) is 0 Å². The average Bonchev–Trinajstić information content (AvgIpc) is 2.93. The summed E-state index contributed by atoms with van der Waals surface area (Å²) in [7, 11) is 0. The van der Waals surface area contributed by atoms with Gasteiger partial charge in [-0.1, -0.05) is 0 Å². The van der Waals surface area contributed by atoms with E-state index in [1.807, 2.05) is 0 Å². The fraction of sp³-hybridized carbons (Fsp3) is 0.107. The van der Waals surface area contributed by atoms with Crippen LogP contribution >= 0.6 is 0 Å². The molecule has 38 heavy (non-hydrogen) atoms. The second-order valence-corrected chi connectivity index (χ2v) is 20.7. The molecule has 0 unspecified atom stereocenters. The van der Waals surface area contributed by atoms with Crippen molar-refractivity contribution in [2.24, 2.45) is 0 Å². The average molecular weight is 643 g/mol. The van der Waals surface area contributed by atoms with Gasteiger partial charge in [0.2, 0.25) is 0 Å². The third kappa shape index (κ3) is 3.99. The fourth-order valence-corrected chi connectivity index (χ4v) is 20.5. The maximum atomic E-state index is 14.9. The summed E-state index contributed by atoms with van der Waals surface area (Å²) in [6.07, 6.45) is -6.71. The van der Waals surface area contributed by atoms with Crippen LogP contribution in [0.2, 0.25) is 0 Å². The summed E-state index contributed by atoms with van der Waals surface area (Å²) >= 11 is -6.45. The summed E-state index contributed by atoms with van der Waals surface area (Å²) in [5, 5.41) is 0. The molecule has 4 rings (SSSR count). The quantitative estimate of drug-likeness (QED) is 0.212. The molecule has 0 saturated carbocycles. The van der Waals surface area contributed by atoms with Crippen molar-refractivity contribution in [3.05, 3.63) is 121 Å². The number of carbonyl (C=O) groups is 1. The summed E-state index contributed by atoms with van der Waals surface area (Å²) in [4.78, 5) is 13.2. The van der Waals surface area contributed by atoms with Crippen molar-refractivity contribution in [3.8, 4) is 0 Å². The van der Waals surface area contributed by atoms with Crippen LogP contribution in [0, 0.1) is 0 Å². The third-order valence-electron chi connectivity index (χ3n) is 6.27. The molecule has 4 aromatic rings. The topological polar surface area (TPSA) is 26.3 Å². The Hall–Kier alpha value is -3.32. The molecule has 0 heterocycles. The van der Waals surface area contributed by atoms with Gasteiger partial charge in [0.05, 0.1) is 0 Å². The van der Waals surface area contributed by atoms with Crippen molar-refractivity contribution in [3.63, 3.8) is 0 Å². The summed E-state index contributed by atoms with van der Waals surface area (Å²) in [6, 6.07) is 30.8. The van der Waals surface area contributed by atoms with E-state index in [4.69, 9.17) is 3.02 Å². The van der Waals surface area contributed by atoms with Gasteiger partial charge in [0.25, 0.3) is 0 Å². The standard InChI is InChI=1S/4C6H5.C4HF7O2.Sb/c4*1-2-4-6-5-3-1;5-2(6,1(12)13)3(7,8)4(9,10)11;/h4*1-5H;(H,12,13);/q;;;;;+1/p-1. The molecule has 0 N–H and O–H groups in total. The second kappa shape index (κ2) is 9.77. The van der Waals surface area contributed by atoms with Crippen molar-refractivity contribution in [2.45, 2.75) is 18.0 Å². The Bertz CT molecular complexity index is 1230. The zero-order valence-corrected chi connectivity index (χ0v) is 22.0. The van der Waals surface area contributed by atoms with Crippen LogP contribution in [0.1, 0.15) is 0 Å². The number of rotatable bonds is 7. The van der Waals surface area contributed by atoms with E-state index in [9.17, 15) is 35.5 Å². The zero-order chi connectivity index (χ0) is 27.7. The van der Waals surface area contributed by atoms with Gasteiger partial charge in [-0.2, -0.15) is 0 Å². The van der Waals surface area contributed by atoms with E-state index in [1.165, 1.54) is 48.5 Å². The molecule has 0 spiro atoms. The Balaban J connectivity index is 2.20. The van der Waals surface area contributed by atoms with Gasteiger partial charge < -0.3 is 0 Å². The fourth-order valence-electron chi connectivity index (χ4n) is 4.48. The van der Waals surface area contributed by atoms with Gasteiger partial charge in [0.1, 0.15) is 0 Å². The molecule has 0 aliphatic heterocycles. The first kappa shape index (κ1) is 27.7. The molecule has 4 aromatic carbocycles. The molecular weight excluding hydrogens is 623 g/mol. The Morgan fingerprint density at radius 1 is 0.500 bits per heavy atom. The van der Waals surface area contributed by atoms with E-state index in [2.05, 4.69) is 0 Å². The van der Waals surface area contributed by atoms with E-state index < -0.39 is 41.8 Å². The molecule has 198 valence electrons. The molecule has 10 heteroatoms. The van der Waals surface area contributed by atoms with Crippen LogP contribution in [0.4, 0.5) is 30.7 Å². The van der Waals surface area contributed by atoms with Crippen molar-refractivity contribution in [2.75, 3.05) is 0 Å². The summed E-state index contributed by atoms with van der Waals surface area (Å²) in [5.74, 6) is -15.9. The second-order valence-electron chi connectivity index (χ2n) is 8.40. The number of halogens is 7. The van der Waals surface area contributed by atoms with Gasteiger partial charge in [-0.25, -0.2) is 0 Å². The van der Waals surface area contributed by atoms with Crippen LogP contribution < -0.4 is 14.0 Å². The van der Waals surface area contributed by atoms with Gasteiger partial charge in [0, 0.05) is 0 Å². The van der Waals surface area contributed by atoms with Crippen LogP contribution in [0.5, 0.6) is 0 Å². The van der Waals surface area contributed by atoms with Gasteiger partial charge in [-0.05, 0) is 0 Å². The van der Waals surface area contributed by atoms with Crippen LogP contribution in [-0.4, -0.2) is 41.8 Å². The molecule has 0 aliphatic carbocycles. The number of benzene rings is 4. The van der Waals surface area contributed by atoms with Crippen molar-refractivity contribution < 1.29 is 38.5 Å². The summed E-state index contributed by atoms with van der Waals surface area (Å²) < 4.78 is 104. The number of alkyl halides is 7. The Labute approximate surface area is 215 Å². The third-order valence-corrected chi connectivity index (χ3v) is 22.4. The molecule has 0 amide bonds. The molecular formula is C28H20F7O2Sb. The molecule has 0 radical (unpaired) electrons. The minimum atomic E-state index is -6.71. The first-order valence-corrected chi connectivity index (χ1v) is 17.3. The zero-order valence-electron chi connectivity index (χ0n) is 19.5. The monoisotopic (exact) mass is 642 g/mol. The molecule has 0 fully saturated rings. The molecule has 2 nitrogen and oxygen atoms in total. The van der Waals surface area contributed by atoms with Gasteiger partial charge in [0.15, 0.2) is 0 Å². The number of hydrogen-bond acceptors (Lipinski definition) is 2. The predicted molar refractivity (Wildman–Crippen MR) is 132 cm³/mol. The van der Waals surface area contributed by atoms with E-state index in [0.717, 1.165) is 0 Å². The number of hydrogen-bond donors (Lipinski definition) is 0. The van der Waals surface area contributed by atoms with Crippen LogP contribution in [0.3, 0.4) is 0 Å². The Morgan fingerprint density at radius 3 is 1.00 bits per heavy atom. The van der Waals surface area contributed by atoms with Crippen molar-refractivity contribution in [1.82, 2.24) is 0 Å². The van der Waals surface area contributed by atoms with Crippen LogP contribution in [-0.2, 0) is 7.81 Å². The van der Waals surface area contributed by atoms with E-state index in [-0.39, 0.29) is 14.0 Å². The molecule has 0 saturated heterocycles.